The van der Waals surface area contributed by atoms with Crippen molar-refractivity contribution in [3.63, 3.8) is 0 Å². The molecule has 0 aromatic heterocycles. The lowest BCUT2D eigenvalue weighted by Crippen LogP contribution is -2.14. The molecular formula is C17H20FNO2. The summed E-state index contributed by atoms with van der Waals surface area (Å²) in [5.74, 6) is 0.616. The van der Waals surface area contributed by atoms with Gasteiger partial charge < -0.3 is 15.2 Å². The molecule has 0 saturated heterocycles. The van der Waals surface area contributed by atoms with Crippen molar-refractivity contribution < 1.29 is 13.9 Å². The number of methoxy groups -OCH3 is 2. The Labute approximate surface area is 124 Å². The highest BCUT2D eigenvalue weighted by atomic mass is 19.1. The second-order valence-corrected chi connectivity index (χ2v) is 5.02. The van der Waals surface area contributed by atoms with Crippen molar-refractivity contribution in [3.8, 4) is 11.5 Å². The third-order valence-electron chi connectivity index (χ3n) is 3.48. The molecule has 4 heteroatoms. The predicted molar refractivity (Wildman–Crippen MR) is 81.3 cm³/mol. The predicted octanol–water partition coefficient (Wildman–Crippen LogP) is 3.39. The first-order valence-electron chi connectivity index (χ1n) is 6.77. The van der Waals surface area contributed by atoms with Crippen LogP contribution in [0, 0.1) is 12.7 Å². The van der Waals surface area contributed by atoms with Crippen molar-refractivity contribution in [2.45, 2.75) is 19.4 Å². The molecule has 1 atom stereocenters. The number of nitrogens with two attached hydrogens (primary N) is 1. The summed E-state index contributed by atoms with van der Waals surface area (Å²) in [6, 6.07) is 10.4. The van der Waals surface area contributed by atoms with E-state index in [9.17, 15) is 4.39 Å². The van der Waals surface area contributed by atoms with Gasteiger partial charge >= 0.3 is 0 Å². The Kier molecular flexibility index (Phi) is 4.81. The molecule has 21 heavy (non-hydrogen) atoms. The van der Waals surface area contributed by atoms with E-state index in [1.165, 1.54) is 13.2 Å². The van der Waals surface area contributed by atoms with Crippen LogP contribution in [0.1, 0.15) is 22.7 Å². The minimum Gasteiger partial charge on any atom is -0.496 e. The minimum atomic E-state index is -0.401. The van der Waals surface area contributed by atoms with Crippen LogP contribution in [-0.2, 0) is 6.42 Å². The van der Waals surface area contributed by atoms with Gasteiger partial charge in [0, 0.05) is 6.04 Å². The molecule has 0 aliphatic rings. The molecular weight excluding hydrogens is 269 g/mol. The number of ether oxygens (including phenoxy) is 2. The lowest BCUT2D eigenvalue weighted by atomic mass is 9.97. The van der Waals surface area contributed by atoms with Gasteiger partial charge in [-0.25, -0.2) is 4.39 Å². The van der Waals surface area contributed by atoms with Crippen molar-refractivity contribution in [2.75, 3.05) is 14.2 Å². The minimum absolute atomic E-state index is 0.221. The molecule has 0 saturated carbocycles. The van der Waals surface area contributed by atoms with E-state index in [-0.39, 0.29) is 11.8 Å². The number of benzene rings is 2. The van der Waals surface area contributed by atoms with Gasteiger partial charge in [-0.05, 0) is 42.7 Å². The van der Waals surface area contributed by atoms with Crippen molar-refractivity contribution in [2.24, 2.45) is 5.73 Å². The van der Waals surface area contributed by atoms with Crippen LogP contribution in [0.25, 0.3) is 0 Å². The van der Waals surface area contributed by atoms with Gasteiger partial charge in [-0.15, -0.1) is 0 Å². The SMILES string of the molecule is COc1ccc(C(N)Cc2cc(C)ccc2OC)cc1F. The Morgan fingerprint density at radius 3 is 2.33 bits per heavy atom. The molecule has 0 heterocycles. The van der Waals surface area contributed by atoms with Gasteiger partial charge in [0.05, 0.1) is 14.2 Å². The Morgan fingerprint density at radius 2 is 1.71 bits per heavy atom. The Hall–Kier alpha value is -2.07. The van der Waals surface area contributed by atoms with Crippen LogP contribution < -0.4 is 15.2 Å². The molecule has 0 radical (unpaired) electrons. The van der Waals surface area contributed by atoms with Gasteiger partial charge in [0.25, 0.3) is 0 Å². The first-order valence-corrected chi connectivity index (χ1v) is 6.77. The van der Waals surface area contributed by atoms with Gasteiger partial charge in [0.15, 0.2) is 11.6 Å². The Bertz CT molecular complexity index is 628. The summed E-state index contributed by atoms with van der Waals surface area (Å²) < 4.78 is 24.0. The van der Waals surface area contributed by atoms with Crippen LogP contribution in [0.15, 0.2) is 36.4 Å². The zero-order chi connectivity index (χ0) is 15.4. The molecule has 2 aromatic carbocycles. The fourth-order valence-corrected chi connectivity index (χ4v) is 2.33. The maximum Gasteiger partial charge on any atom is 0.165 e. The van der Waals surface area contributed by atoms with Gasteiger partial charge in [-0.1, -0.05) is 23.8 Å². The lowest BCUT2D eigenvalue weighted by molar-refractivity contribution is 0.385. The van der Waals surface area contributed by atoms with Crippen molar-refractivity contribution in [1.29, 1.82) is 0 Å². The molecule has 1 unspecified atom stereocenters. The molecule has 0 spiro atoms. The average Bonchev–Trinajstić information content (AvgIpc) is 2.47. The smallest absolute Gasteiger partial charge is 0.165 e. The molecule has 2 aromatic rings. The van der Waals surface area contributed by atoms with E-state index >= 15 is 0 Å². The van der Waals surface area contributed by atoms with E-state index in [1.807, 2.05) is 25.1 Å². The van der Waals surface area contributed by atoms with E-state index in [1.54, 1.807) is 19.2 Å². The summed E-state index contributed by atoms with van der Waals surface area (Å²) in [6.45, 7) is 2.02. The molecule has 0 amide bonds. The van der Waals surface area contributed by atoms with Gasteiger partial charge in [-0.2, -0.15) is 0 Å². The normalized spacial score (nSPS) is 12.0. The molecule has 3 nitrogen and oxygen atoms in total. The van der Waals surface area contributed by atoms with E-state index < -0.39 is 5.82 Å². The number of aryl methyl sites for hydroxylation is 1. The molecule has 0 aliphatic heterocycles. The summed E-state index contributed by atoms with van der Waals surface area (Å²) in [6.07, 6.45) is 0.580. The number of hydrogen-bond acceptors (Lipinski definition) is 3. The maximum absolute atomic E-state index is 13.8. The second-order valence-electron chi connectivity index (χ2n) is 5.02. The summed E-state index contributed by atoms with van der Waals surface area (Å²) in [7, 11) is 3.07. The largest absolute Gasteiger partial charge is 0.496 e. The summed E-state index contributed by atoms with van der Waals surface area (Å²) in [4.78, 5) is 0. The average molecular weight is 289 g/mol. The van der Waals surface area contributed by atoms with Crippen LogP contribution in [-0.4, -0.2) is 14.2 Å². The van der Waals surface area contributed by atoms with Crippen molar-refractivity contribution in [3.05, 3.63) is 58.9 Å². The summed E-state index contributed by atoms with van der Waals surface area (Å²) in [5.41, 5.74) is 9.08. The Morgan fingerprint density at radius 1 is 1.05 bits per heavy atom. The zero-order valence-corrected chi connectivity index (χ0v) is 12.5. The molecule has 2 rings (SSSR count). The second kappa shape index (κ2) is 6.59. The highest BCUT2D eigenvalue weighted by molar-refractivity contribution is 5.39. The fourth-order valence-electron chi connectivity index (χ4n) is 2.33. The quantitative estimate of drug-likeness (QED) is 0.917. The van der Waals surface area contributed by atoms with Gasteiger partial charge in [0.2, 0.25) is 0 Å². The van der Waals surface area contributed by atoms with E-state index in [0.29, 0.717) is 6.42 Å². The molecule has 2 N–H and O–H groups in total. The van der Waals surface area contributed by atoms with Crippen LogP contribution in [0.3, 0.4) is 0 Å². The first kappa shape index (κ1) is 15.3. The van der Waals surface area contributed by atoms with E-state index in [0.717, 1.165) is 22.4 Å². The summed E-state index contributed by atoms with van der Waals surface area (Å²) >= 11 is 0. The van der Waals surface area contributed by atoms with Gasteiger partial charge in [0.1, 0.15) is 5.75 Å². The summed E-state index contributed by atoms with van der Waals surface area (Å²) in [5, 5.41) is 0. The molecule has 0 fully saturated rings. The monoisotopic (exact) mass is 289 g/mol. The maximum atomic E-state index is 13.8. The number of halogens is 1. The van der Waals surface area contributed by atoms with Crippen LogP contribution in [0.2, 0.25) is 0 Å². The first-order chi connectivity index (χ1) is 10.0. The third kappa shape index (κ3) is 3.52. The third-order valence-corrected chi connectivity index (χ3v) is 3.48. The molecule has 112 valence electrons. The molecule has 0 bridgehead atoms. The highest BCUT2D eigenvalue weighted by Gasteiger charge is 2.13. The van der Waals surface area contributed by atoms with Crippen molar-refractivity contribution in [1.82, 2.24) is 0 Å². The van der Waals surface area contributed by atoms with E-state index in [4.69, 9.17) is 15.2 Å². The number of hydrogen-bond donors (Lipinski definition) is 1. The van der Waals surface area contributed by atoms with Crippen LogP contribution in [0.4, 0.5) is 4.39 Å². The van der Waals surface area contributed by atoms with Gasteiger partial charge in [-0.3, -0.25) is 0 Å². The number of rotatable bonds is 5. The zero-order valence-electron chi connectivity index (χ0n) is 12.5. The highest BCUT2D eigenvalue weighted by Crippen LogP contribution is 2.27. The Balaban J connectivity index is 2.23. The van der Waals surface area contributed by atoms with Crippen molar-refractivity contribution >= 4 is 0 Å². The fraction of sp³-hybridized carbons (Fsp3) is 0.294. The topological polar surface area (TPSA) is 44.5 Å². The lowest BCUT2D eigenvalue weighted by Gasteiger charge is -2.16. The standard InChI is InChI=1S/C17H20FNO2/c1-11-4-6-16(20-2)13(8-11)10-15(19)12-5-7-17(21-3)14(18)9-12/h4-9,15H,10,19H2,1-3H3. The molecule has 0 aliphatic carbocycles. The van der Waals surface area contributed by atoms with E-state index in [2.05, 4.69) is 0 Å². The van der Waals surface area contributed by atoms with Crippen LogP contribution >= 0.6 is 0 Å². The van der Waals surface area contributed by atoms with Crippen LogP contribution in [0.5, 0.6) is 11.5 Å².